The number of rotatable bonds is 3. The fourth-order valence-corrected chi connectivity index (χ4v) is 3.06. The molecule has 1 unspecified atom stereocenters. The Morgan fingerprint density at radius 1 is 1.25 bits per heavy atom. The van der Waals surface area contributed by atoms with Crippen molar-refractivity contribution in [2.75, 3.05) is 21.2 Å². The summed E-state index contributed by atoms with van der Waals surface area (Å²) < 4.78 is 5.37. The lowest BCUT2D eigenvalue weighted by molar-refractivity contribution is 0.299. The molecule has 0 bridgehead atoms. The van der Waals surface area contributed by atoms with Crippen LogP contribution < -0.4 is 4.74 Å². The summed E-state index contributed by atoms with van der Waals surface area (Å²) in [6.45, 7) is 0. The largest absolute Gasteiger partial charge is 0.481 e. The fraction of sp³-hybridized carbons (Fsp3) is 0.353. The van der Waals surface area contributed by atoms with E-state index in [1.54, 1.807) is 13.3 Å². The van der Waals surface area contributed by atoms with Gasteiger partial charge >= 0.3 is 0 Å². The minimum Gasteiger partial charge on any atom is -0.481 e. The molecule has 0 fully saturated rings. The highest BCUT2D eigenvalue weighted by molar-refractivity contribution is 5.70. The second kappa shape index (κ2) is 5.25. The van der Waals surface area contributed by atoms with Crippen LogP contribution >= 0.6 is 0 Å². The van der Waals surface area contributed by atoms with Crippen LogP contribution in [0.3, 0.4) is 0 Å². The van der Waals surface area contributed by atoms with Gasteiger partial charge in [-0.1, -0.05) is 12.1 Å². The van der Waals surface area contributed by atoms with Crippen molar-refractivity contribution in [3.8, 4) is 17.0 Å². The summed E-state index contributed by atoms with van der Waals surface area (Å²) in [7, 11) is 5.97. The van der Waals surface area contributed by atoms with Gasteiger partial charge in [-0.15, -0.1) is 0 Å². The molecule has 0 aliphatic heterocycles. The quantitative estimate of drug-likeness (QED) is 0.854. The molecule has 2 aromatic rings. The van der Waals surface area contributed by atoms with Gasteiger partial charge in [-0.2, -0.15) is 0 Å². The van der Waals surface area contributed by atoms with Crippen molar-refractivity contribution in [2.24, 2.45) is 0 Å². The number of fused-ring (bicyclic) bond motifs is 1. The van der Waals surface area contributed by atoms with Gasteiger partial charge in [0.15, 0.2) is 0 Å². The van der Waals surface area contributed by atoms with E-state index in [1.807, 2.05) is 6.07 Å². The number of ether oxygens (including phenoxy) is 1. The number of aromatic nitrogens is 1. The zero-order chi connectivity index (χ0) is 14.1. The second-order valence-corrected chi connectivity index (χ2v) is 5.49. The standard InChI is InChI=1S/C17H20N2O/c1-19(2)16-9-8-12-6-7-13(11-15(12)16)14-5-4-10-18-17(14)20-3/h4-7,10-11,16H,8-9H2,1-3H3. The van der Waals surface area contributed by atoms with Crippen LogP contribution in [0, 0.1) is 0 Å². The van der Waals surface area contributed by atoms with Crippen molar-refractivity contribution in [3.63, 3.8) is 0 Å². The van der Waals surface area contributed by atoms with Crippen LogP contribution in [0.4, 0.5) is 0 Å². The van der Waals surface area contributed by atoms with Crippen LogP contribution in [-0.4, -0.2) is 31.1 Å². The molecule has 0 saturated carbocycles. The Balaban J connectivity index is 2.07. The number of hydrogen-bond donors (Lipinski definition) is 0. The van der Waals surface area contributed by atoms with Crippen LogP contribution in [0.15, 0.2) is 36.5 Å². The number of hydrogen-bond acceptors (Lipinski definition) is 3. The summed E-state index contributed by atoms with van der Waals surface area (Å²) in [6.07, 6.45) is 4.14. The zero-order valence-electron chi connectivity index (χ0n) is 12.3. The molecule has 1 aromatic heterocycles. The van der Waals surface area contributed by atoms with Gasteiger partial charge < -0.3 is 9.64 Å². The number of methoxy groups -OCH3 is 1. The first-order valence-corrected chi connectivity index (χ1v) is 6.99. The van der Waals surface area contributed by atoms with Gasteiger partial charge in [-0.05, 0) is 61.8 Å². The number of nitrogens with zero attached hydrogens (tertiary/aromatic N) is 2. The van der Waals surface area contributed by atoms with E-state index < -0.39 is 0 Å². The van der Waals surface area contributed by atoms with Crippen molar-refractivity contribution >= 4 is 0 Å². The van der Waals surface area contributed by atoms with Crippen LogP contribution in [0.25, 0.3) is 11.1 Å². The highest BCUT2D eigenvalue weighted by Gasteiger charge is 2.24. The Bertz CT molecular complexity index is 622. The van der Waals surface area contributed by atoms with Gasteiger partial charge in [0, 0.05) is 17.8 Å². The third-order valence-corrected chi connectivity index (χ3v) is 4.09. The van der Waals surface area contributed by atoms with Gasteiger partial charge in [0.2, 0.25) is 5.88 Å². The fourth-order valence-electron chi connectivity index (χ4n) is 3.06. The molecule has 0 radical (unpaired) electrons. The third-order valence-electron chi connectivity index (χ3n) is 4.09. The number of aryl methyl sites for hydroxylation is 1. The lowest BCUT2D eigenvalue weighted by Gasteiger charge is -2.20. The molecule has 1 atom stereocenters. The smallest absolute Gasteiger partial charge is 0.221 e. The van der Waals surface area contributed by atoms with Crippen LogP contribution in [0.1, 0.15) is 23.6 Å². The molecule has 0 saturated heterocycles. The zero-order valence-corrected chi connectivity index (χ0v) is 12.3. The molecule has 0 N–H and O–H groups in total. The average Bonchev–Trinajstić information content (AvgIpc) is 2.90. The van der Waals surface area contributed by atoms with E-state index in [9.17, 15) is 0 Å². The maximum Gasteiger partial charge on any atom is 0.221 e. The van der Waals surface area contributed by atoms with Crippen molar-refractivity contribution in [1.29, 1.82) is 0 Å². The Labute approximate surface area is 120 Å². The molecule has 1 aliphatic rings. The maximum absolute atomic E-state index is 5.37. The molecule has 1 aliphatic carbocycles. The normalized spacial score (nSPS) is 17.3. The van der Waals surface area contributed by atoms with Gasteiger partial charge in [-0.25, -0.2) is 4.98 Å². The van der Waals surface area contributed by atoms with Crippen molar-refractivity contribution in [3.05, 3.63) is 47.7 Å². The van der Waals surface area contributed by atoms with E-state index in [4.69, 9.17) is 4.74 Å². The molecule has 3 rings (SSSR count). The van der Waals surface area contributed by atoms with Crippen molar-refractivity contribution in [1.82, 2.24) is 9.88 Å². The molecule has 1 aromatic carbocycles. The molecular weight excluding hydrogens is 248 g/mol. The molecule has 3 nitrogen and oxygen atoms in total. The summed E-state index contributed by atoms with van der Waals surface area (Å²) >= 11 is 0. The van der Waals surface area contributed by atoms with E-state index in [0.717, 1.165) is 5.56 Å². The Hall–Kier alpha value is -1.87. The molecule has 104 valence electrons. The van der Waals surface area contributed by atoms with Crippen molar-refractivity contribution in [2.45, 2.75) is 18.9 Å². The molecular formula is C17H20N2O. The molecule has 0 spiro atoms. The minimum atomic E-state index is 0.521. The average molecular weight is 268 g/mol. The lowest BCUT2D eigenvalue weighted by Crippen LogP contribution is -2.17. The van der Waals surface area contributed by atoms with E-state index in [2.05, 4.69) is 48.2 Å². The van der Waals surface area contributed by atoms with E-state index >= 15 is 0 Å². The topological polar surface area (TPSA) is 25.4 Å². The first kappa shape index (κ1) is 13.1. The van der Waals surface area contributed by atoms with Gasteiger partial charge in [0.05, 0.1) is 7.11 Å². The highest BCUT2D eigenvalue weighted by Crippen LogP contribution is 2.38. The van der Waals surface area contributed by atoms with Crippen molar-refractivity contribution < 1.29 is 4.74 Å². The van der Waals surface area contributed by atoms with E-state index in [-0.39, 0.29) is 0 Å². The monoisotopic (exact) mass is 268 g/mol. The minimum absolute atomic E-state index is 0.521. The van der Waals surface area contributed by atoms with E-state index in [1.165, 1.54) is 29.5 Å². The predicted octanol–water partition coefficient (Wildman–Crippen LogP) is 3.31. The van der Waals surface area contributed by atoms with Crippen LogP contribution in [0.5, 0.6) is 5.88 Å². The third kappa shape index (κ3) is 2.18. The number of pyridine rings is 1. The van der Waals surface area contributed by atoms with Gasteiger partial charge in [0.1, 0.15) is 0 Å². The Morgan fingerprint density at radius 3 is 2.85 bits per heavy atom. The Morgan fingerprint density at radius 2 is 2.10 bits per heavy atom. The van der Waals surface area contributed by atoms with Gasteiger partial charge in [0.25, 0.3) is 0 Å². The maximum atomic E-state index is 5.37. The summed E-state index contributed by atoms with van der Waals surface area (Å²) in [5.74, 6) is 0.687. The van der Waals surface area contributed by atoms with Crippen LogP contribution in [-0.2, 0) is 6.42 Å². The number of benzene rings is 1. The Kier molecular flexibility index (Phi) is 3.45. The first-order valence-electron chi connectivity index (χ1n) is 6.99. The second-order valence-electron chi connectivity index (χ2n) is 5.49. The highest BCUT2D eigenvalue weighted by atomic mass is 16.5. The summed E-state index contributed by atoms with van der Waals surface area (Å²) in [5.41, 5.74) is 5.15. The molecule has 20 heavy (non-hydrogen) atoms. The summed E-state index contributed by atoms with van der Waals surface area (Å²) in [5, 5.41) is 0. The van der Waals surface area contributed by atoms with Gasteiger partial charge in [-0.3, -0.25) is 0 Å². The summed E-state index contributed by atoms with van der Waals surface area (Å²) in [4.78, 5) is 6.59. The molecule has 1 heterocycles. The molecule has 3 heteroatoms. The first-order chi connectivity index (χ1) is 9.70. The predicted molar refractivity (Wildman–Crippen MR) is 81.0 cm³/mol. The SMILES string of the molecule is COc1ncccc1-c1ccc2c(c1)C(N(C)C)CC2. The van der Waals surface area contributed by atoms with E-state index in [0.29, 0.717) is 11.9 Å². The van der Waals surface area contributed by atoms with Crippen LogP contribution in [0.2, 0.25) is 0 Å². The lowest BCUT2D eigenvalue weighted by atomic mass is 9.99. The molecule has 0 amide bonds. The summed E-state index contributed by atoms with van der Waals surface area (Å²) in [6, 6.07) is 11.3.